The Balaban J connectivity index is 2.35. The first-order chi connectivity index (χ1) is 8.61. The van der Waals surface area contributed by atoms with Gasteiger partial charge in [0.1, 0.15) is 5.38 Å². The van der Waals surface area contributed by atoms with Crippen molar-refractivity contribution in [3.63, 3.8) is 0 Å². The fraction of sp³-hybridized carbons (Fsp3) is 0.133. The van der Waals surface area contributed by atoms with Gasteiger partial charge < -0.3 is 0 Å². The molecule has 1 nitrogen and oxygen atoms in total. The molecule has 0 heterocycles. The lowest BCUT2D eigenvalue weighted by Crippen LogP contribution is -2.09. The van der Waals surface area contributed by atoms with Crippen LogP contribution in [-0.4, -0.2) is 5.78 Å². The molecule has 0 saturated carbocycles. The predicted octanol–water partition coefficient (Wildman–Crippen LogP) is 4.81. The summed E-state index contributed by atoms with van der Waals surface area (Å²) in [5.41, 5.74) is 2.14. The Morgan fingerprint density at radius 3 is 2.39 bits per heavy atom. The SMILES string of the molecule is Cc1c(Cl)cccc1C(=O)C(Cl)c1ccccc1. The quantitative estimate of drug-likeness (QED) is 0.582. The van der Waals surface area contributed by atoms with Crippen LogP contribution < -0.4 is 0 Å². The number of alkyl halides is 1. The smallest absolute Gasteiger partial charge is 0.185 e. The van der Waals surface area contributed by atoms with E-state index in [1.165, 1.54) is 0 Å². The van der Waals surface area contributed by atoms with Gasteiger partial charge in [0.2, 0.25) is 0 Å². The molecule has 0 aromatic heterocycles. The van der Waals surface area contributed by atoms with Gasteiger partial charge in [0.25, 0.3) is 0 Å². The maximum Gasteiger partial charge on any atom is 0.185 e. The second kappa shape index (κ2) is 5.55. The number of rotatable bonds is 3. The van der Waals surface area contributed by atoms with Gasteiger partial charge in [-0.3, -0.25) is 4.79 Å². The minimum Gasteiger partial charge on any atom is -0.292 e. The van der Waals surface area contributed by atoms with E-state index in [4.69, 9.17) is 23.2 Å². The van der Waals surface area contributed by atoms with Crippen molar-refractivity contribution in [2.24, 2.45) is 0 Å². The zero-order valence-electron chi connectivity index (χ0n) is 9.86. The molecule has 0 saturated heterocycles. The zero-order chi connectivity index (χ0) is 13.1. The van der Waals surface area contributed by atoms with E-state index in [1.54, 1.807) is 18.2 Å². The molecule has 18 heavy (non-hydrogen) atoms. The molecule has 0 spiro atoms. The van der Waals surface area contributed by atoms with Gasteiger partial charge in [-0.05, 0) is 24.1 Å². The minimum atomic E-state index is -0.677. The highest BCUT2D eigenvalue weighted by molar-refractivity contribution is 6.35. The number of hydrogen-bond donors (Lipinski definition) is 0. The van der Waals surface area contributed by atoms with Crippen LogP contribution >= 0.6 is 23.2 Å². The lowest BCUT2D eigenvalue weighted by molar-refractivity contribution is 0.0986. The highest BCUT2D eigenvalue weighted by Crippen LogP contribution is 2.28. The lowest BCUT2D eigenvalue weighted by atomic mass is 9.99. The van der Waals surface area contributed by atoms with Crippen molar-refractivity contribution in [3.8, 4) is 0 Å². The Kier molecular flexibility index (Phi) is 4.05. The van der Waals surface area contributed by atoms with Crippen LogP contribution in [0.3, 0.4) is 0 Å². The summed E-state index contributed by atoms with van der Waals surface area (Å²) in [5, 5.41) is -0.0962. The summed E-state index contributed by atoms with van der Waals surface area (Å²) >= 11 is 12.2. The number of carbonyl (C=O) groups excluding carboxylic acids is 1. The maximum absolute atomic E-state index is 12.3. The van der Waals surface area contributed by atoms with Crippen LogP contribution in [0.15, 0.2) is 48.5 Å². The van der Waals surface area contributed by atoms with Crippen molar-refractivity contribution in [1.29, 1.82) is 0 Å². The molecule has 92 valence electrons. The molecule has 0 amide bonds. The van der Waals surface area contributed by atoms with Gasteiger partial charge in [-0.2, -0.15) is 0 Å². The Morgan fingerprint density at radius 2 is 1.72 bits per heavy atom. The number of carbonyl (C=O) groups is 1. The molecule has 0 aliphatic heterocycles. The van der Waals surface area contributed by atoms with Crippen LogP contribution in [0.4, 0.5) is 0 Å². The van der Waals surface area contributed by atoms with Crippen molar-refractivity contribution in [2.75, 3.05) is 0 Å². The zero-order valence-corrected chi connectivity index (χ0v) is 11.4. The first-order valence-electron chi connectivity index (χ1n) is 5.59. The van der Waals surface area contributed by atoms with E-state index in [-0.39, 0.29) is 5.78 Å². The summed E-state index contributed by atoms with van der Waals surface area (Å²) in [6, 6.07) is 14.6. The molecule has 1 unspecified atom stereocenters. The second-order valence-corrected chi connectivity index (χ2v) is 4.89. The van der Waals surface area contributed by atoms with Crippen LogP contribution in [-0.2, 0) is 0 Å². The number of ketones is 1. The standard InChI is InChI=1S/C15H12Cl2O/c1-10-12(8-5-9-13(10)16)15(18)14(17)11-6-3-2-4-7-11/h2-9,14H,1H3. The third-order valence-corrected chi connectivity index (χ3v) is 3.72. The van der Waals surface area contributed by atoms with E-state index >= 15 is 0 Å². The van der Waals surface area contributed by atoms with Crippen molar-refractivity contribution in [3.05, 3.63) is 70.2 Å². The fourth-order valence-electron chi connectivity index (χ4n) is 1.78. The first kappa shape index (κ1) is 13.1. The summed E-state index contributed by atoms with van der Waals surface area (Å²) in [6.07, 6.45) is 0. The van der Waals surface area contributed by atoms with E-state index in [0.717, 1.165) is 11.1 Å². The largest absolute Gasteiger partial charge is 0.292 e. The van der Waals surface area contributed by atoms with Crippen LogP contribution in [0, 0.1) is 6.92 Å². The number of Topliss-reactive ketones (excluding diaryl/α,β-unsaturated/α-hetero) is 1. The van der Waals surface area contributed by atoms with E-state index in [1.807, 2.05) is 37.3 Å². The van der Waals surface area contributed by atoms with Gasteiger partial charge in [-0.15, -0.1) is 11.6 Å². The third-order valence-electron chi connectivity index (χ3n) is 2.86. The van der Waals surface area contributed by atoms with Gasteiger partial charge in [0.15, 0.2) is 5.78 Å². The fourth-order valence-corrected chi connectivity index (χ4v) is 2.22. The highest BCUT2D eigenvalue weighted by Gasteiger charge is 2.21. The summed E-state index contributed by atoms with van der Waals surface area (Å²) < 4.78 is 0. The predicted molar refractivity (Wildman–Crippen MR) is 75.6 cm³/mol. The van der Waals surface area contributed by atoms with Crippen molar-refractivity contribution >= 4 is 29.0 Å². The van der Waals surface area contributed by atoms with Crippen molar-refractivity contribution in [2.45, 2.75) is 12.3 Å². The third kappa shape index (κ3) is 2.58. The summed E-state index contributed by atoms with van der Waals surface area (Å²) in [6.45, 7) is 1.82. The molecule has 0 aliphatic rings. The molecule has 3 heteroatoms. The maximum atomic E-state index is 12.3. The average Bonchev–Trinajstić information content (AvgIpc) is 2.41. The number of benzene rings is 2. The normalized spacial score (nSPS) is 12.2. The summed E-state index contributed by atoms with van der Waals surface area (Å²) in [5.74, 6) is -0.122. The molecular weight excluding hydrogens is 267 g/mol. The van der Waals surface area contributed by atoms with Gasteiger partial charge in [-0.25, -0.2) is 0 Å². The molecule has 2 aromatic rings. The Labute approximate surface area is 116 Å². The van der Waals surface area contributed by atoms with Crippen LogP contribution in [0.2, 0.25) is 5.02 Å². The van der Waals surface area contributed by atoms with Crippen LogP contribution in [0.25, 0.3) is 0 Å². The molecule has 0 N–H and O–H groups in total. The molecule has 0 aliphatic carbocycles. The van der Waals surface area contributed by atoms with Crippen LogP contribution in [0.1, 0.15) is 26.9 Å². The van der Waals surface area contributed by atoms with E-state index in [9.17, 15) is 4.79 Å². The molecule has 2 aromatic carbocycles. The Morgan fingerprint density at radius 1 is 1.06 bits per heavy atom. The summed E-state index contributed by atoms with van der Waals surface area (Å²) in [7, 11) is 0. The van der Waals surface area contributed by atoms with Crippen molar-refractivity contribution < 1.29 is 4.79 Å². The van der Waals surface area contributed by atoms with Gasteiger partial charge in [0, 0.05) is 10.6 Å². The van der Waals surface area contributed by atoms with Gasteiger partial charge in [0.05, 0.1) is 0 Å². The minimum absolute atomic E-state index is 0.122. The van der Waals surface area contributed by atoms with Gasteiger partial charge in [-0.1, -0.05) is 54.1 Å². The monoisotopic (exact) mass is 278 g/mol. The molecule has 2 rings (SSSR count). The summed E-state index contributed by atoms with van der Waals surface area (Å²) in [4.78, 5) is 12.3. The molecule has 0 radical (unpaired) electrons. The molecule has 1 atom stereocenters. The molecular formula is C15H12Cl2O. The Hall–Kier alpha value is -1.31. The van der Waals surface area contributed by atoms with Gasteiger partial charge >= 0.3 is 0 Å². The molecule has 0 fully saturated rings. The van der Waals surface area contributed by atoms with Crippen LogP contribution in [0.5, 0.6) is 0 Å². The number of halogens is 2. The highest BCUT2D eigenvalue weighted by atomic mass is 35.5. The van der Waals surface area contributed by atoms with E-state index < -0.39 is 5.38 Å². The number of hydrogen-bond acceptors (Lipinski definition) is 1. The molecule has 0 bridgehead atoms. The average molecular weight is 279 g/mol. The first-order valence-corrected chi connectivity index (χ1v) is 6.41. The second-order valence-electron chi connectivity index (χ2n) is 4.05. The van der Waals surface area contributed by atoms with E-state index in [0.29, 0.717) is 10.6 Å². The topological polar surface area (TPSA) is 17.1 Å². The lowest BCUT2D eigenvalue weighted by Gasteiger charge is -2.11. The van der Waals surface area contributed by atoms with Crippen molar-refractivity contribution in [1.82, 2.24) is 0 Å². The van der Waals surface area contributed by atoms with E-state index in [2.05, 4.69) is 0 Å². The Bertz CT molecular complexity index is 564.